The number of benzene rings is 2. The van der Waals surface area contributed by atoms with Crippen LogP contribution in [0.2, 0.25) is 0 Å². The standard InChI is InChI=1S/C12H11O2P/c13-15-14-12-8-4-7-11(9-12)10-5-2-1-3-6-10/h1-9,13,15H. The lowest BCUT2D eigenvalue weighted by atomic mass is 10.1. The van der Waals surface area contributed by atoms with Crippen LogP contribution in [0.15, 0.2) is 54.6 Å². The normalized spacial score (nSPS) is 10.7. The maximum atomic E-state index is 8.69. The quantitative estimate of drug-likeness (QED) is 0.801. The van der Waals surface area contributed by atoms with Crippen molar-refractivity contribution in [3.05, 3.63) is 54.6 Å². The molecule has 0 bridgehead atoms. The molecule has 0 radical (unpaired) electrons. The molecule has 0 aliphatic rings. The molecule has 0 saturated heterocycles. The van der Waals surface area contributed by atoms with Crippen molar-refractivity contribution >= 4 is 9.03 Å². The zero-order valence-electron chi connectivity index (χ0n) is 8.05. The smallest absolute Gasteiger partial charge is 0.212 e. The molecule has 2 aromatic rings. The first-order chi connectivity index (χ1) is 7.40. The van der Waals surface area contributed by atoms with Gasteiger partial charge >= 0.3 is 0 Å². The second-order valence-electron chi connectivity index (χ2n) is 3.09. The highest BCUT2D eigenvalue weighted by Gasteiger charge is 1.98. The van der Waals surface area contributed by atoms with E-state index in [1.165, 1.54) is 0 Å². The zero-order chi connectivity index (χ0) is 10.5. The van der Waals surface area contributed by atoms with E-state index in [9.17, 15) is 0 Å². The molecule has 0 fully saturated rings. The van der Waals surface area contributed by atoms with Gasteiger partial charge in [0.05, 0.1) is 0 Å². The molecule has 0 aliphatic carbocycles. The summed E-state index contributed by atoms with van der Waals surface area (Å²) in [6.45, 7) is 0. The van der Waals surface area contributed by atoms with E-state index in [-0.39, 0.29) is 0 Å². The van der Waals surface area contributed by atoms with Crippen LogP contribution in [-0.2, 0) is 0 Å². The van der Waals surface area contributed by atoms with Gasteiger partial charge < -0.3 is 9.42 Å². The Morgan fingerprint density at radius 2 is 1.60 bits per heavy atom. The van der Waals surface area contributed by atoms with Gasteiger partial charge in [0.15, 0.2) is 0 Å². The van der Waals surface area contributed by atoms with Gasteiger partial charge in [-0.05, 0) is 23.3 Å². The van der Waals surface area contributed by atoms with Gasteiger partial charge in [-0.2, -0.15) is 0 Å². The molecule has 1 unspecified atom stereocenters. The van der Waals surface area contributed by atoms with Crippen molar-refractivity contribution in [3.63, 3.8) is 0 Å². The van der Waals surface area contributed by atoms with Crippen LogP contribution in [0.4, 0.5) is 0 Å². The summed E-state index contributed by atoms with van der Waals surface area (Å²) in [6, 6.07) is 17.7. The third kappa shape index (κ3) is 2.56. The maximum absolute atomic E-state index is 8.69. The van der Waals surface area contributed by atoms with Crippen molar-refractivity contribution in [2.45, 2.75) is 0 Å². The topological polar surface area (TPSA) is 29.5 Å². The zero-order valence-corrected chi connectivity index (χ0v) is 9.05. The van der Waals surface area contributed by atoms with Crippen LogP contribution in [0, 0.1) is 0 Å². The fraction of sp³-hybridized carbons (Fsp3) is 0. The van der Waals surface area contributed by atoms with Crippen molar-refractivity contribution in [3.8, 4) is 16.9 Å². The molecule has 76 valence electrons. The molecule has 2 nitrogen and oxygen atoms in total. The maximum Gasteiger partial charge on any atom is 0.212 e. The average Bonchev–Trinajstić information content (AvgIpc) is 2.31. The first kappa shape index (κ1) is 10.2. The molecule has 0 amide bonds. The Balaban J connectivity index is 2.33. The van der Waals surface area contributed by atoms with E-state index >= 15 is 0 Å². The van der Waals surface area contributed by atoms with Crippen LogP contribution < -0.4 is 4.52 Å². The minimum absolute atomic E-state index is 0.511. The fourth-order valence-corrected chi connectivity index (χ4v) is 1.65. The van der Waals surface area contributed by atoms with Crippen molar-refractivity contribution in [2.24, 2.45) is 0 Å². The molecular weight excluding hydrogens is 207 g/mol. The summed E-state index contributed by atoms with van der Waals surface area (Å²) in [6.07, 6.45) is 0. The SMILES string of the molecule is OPOc1cccc(-c2ccccc2)c1. The minimum atomic E-state index is -0.511. The van der Waals surface area contributed by atoms with Gasteiger partial charge in [0, 0.05) is 0 Å². The highest BCUT2D eigenvalue weighted by atomic mass is 31.1. The number of hydrogen-bond acceptors (Lipinski definition) is 2. The van der Waals surface area contributed by atoms with Crippen LogP contribution in [0.25, 0.3) is 11.1 Å². The number of hydrogen-bond donors (Lipinski definition) is 1. The van der Waals surface area contributed by atoms with Crippen molar-refractivity contribution < 1.29 is 9.42 Å². The summed E-state index contributed by atoms with van der Waals surface area (Å²) < 4.78 is 5.05. The second kappa shape index (κ2) is 4.92. The Bertz CT molecular complexity index is 429. The molecule has 2 rings (SSSR count). The minimum Gasteiger partial charge on any atom is -0.450 e. The molecule has 0 heterocycles. The fourth-order valence-electron chi connectivity index (χ4n) is 1.42. The van der Waals surface area contributed by atoms with Gasteiger partial charge in [0.25, 0.3) is 0 Å². The van der Waals surface area contributed by atoms with E-state index in [2.05, 4.69) is 0 Å². The molecule has 15 heavy (non-hydrogen) atoms. The van der Waals surface area contributed by atoms with Crippen molar-refractivity contribution in [1.29, 1.82) is 0 Å². The Morgan fingerprint density at radius 1 is 0.867 bits per heavy atom. The summed E-state index contributed by atoms with van der Waals surface area (Å²) >= 11 is 0. The highest BCUT2D eigenvalue weighted by Crippen LogP contribution is 2.25. The Kier molecular flexibility index (Phi) is 3.33. The van der Waals surface area contributed by atoms with E-state index < -0.39 is 9.03 Å². The Labute approximate surface area is 90.5 Å². The van der Waals surface area contributed by atoms with E-state index in [4.69, 9.17) is 9.42 Å². The Morgan fingerprint density at radius 3 is 2.33 bits per heavy atom. The lowest BCUT2D eigenvalue weighted by Gasteiger charge is -2.04. The van der Waals surface area contributed by atoms with Crippen molar-refractivity contribution in [1.82, 2.24) is 0 Å². The van der Waals surface area contributed by atoms with E-state index in [0.717, 1.165) is 11.1 Å². The summed E-state index contributed by atoms with van der Waals surface area (Å²) in [5, 5.41) is 0. The average molecular weight is 218 g/mol. The predicted molar refractivity (Wildman–Crippen MR) is 63.0 cm³/mol. The monoisotopic (exact) mass is 218 g/mol. The molecule has 0 saturated carbocycles. The molecule has 1 N–H and O–H groups in total. The molecule has 2 aromatic carbocycles. The molecule has 0 aliphatic heterocycles. The van der Waals surface area contributed by atoms with Gasteiger partial charge in [0.2, 0.25) is 9.03 Å². The summed E-state index contributed by atoms with van der Waals surface area (Å²) in [7, 11) is -0.511. The summed E-state index contributed by atoms with van der Waals surface area (Å²) in [5.74, 6) is 0.692. The van der Waals surface area contributed by atoms with Gasteiger partial charge in [-0.1, -0.05) is 42.5 Å². The van der Waals surface area contributed by atoms with Gasteiger partial charge in [-0.3, -0.25) is 0 Å². The van der Waals surface area contributed by atoms with E-state index in [1.54, 1.807) is 0 Å². The second-order valence-corrected chi connectivity index (χ2v) is 3.47. The third-order valence-electron chi connectivity index (χ3n) is 2.10. The van der Waals surface area contributed by atoms with Crippen LogP contribution in [0.3, 0.4) is 0 Å². The lowest BCUT2D eigenvalue weighted by molar-refractivity contribution is 0.514. The Hall–Kier alpha value is -1.37. The molecule has 3 heteroatoms. The first-order valence-electron chi connectivity index (χ1n) is 4.61. The largest absolute Gasteiger partial charge is 0.450 e. The molecule has 0 spiro atoms. The third-order valence-corrected chi connectivity index (χ3v) is 2.43. The molecular formula is C12H11O2P. The lowest BCUT2D eigenvalue weighted by Crippen LogP contribution is -1.80. The van der Waals surface area contributed by atoms with Crippen LogP contribution in [-0.4, -0.2) is 4.89 Å². The predicted octanol–water partition coefficient (Wildman–Crippen LogP) is 3.23. The summed E-state index contributed by atoms with van der Waals surface area (Å²) in [5.41, 5.74) is 2.23. The van der Waals surface area contributed by atoms with Gasteiger partial charge in [-0.15, -0.1) is 0 Å². The molecule has 0 aromatic heterocycles. The van der Waals surface area contributed by atoms with Gasteiger partial charge in [-0.25, -0.2) is 0 Å². The van der Waals surface area contributed by atoms with Gasteiger partial charge in [0.1, 0.15) is 5.75 Å². The van der Waals surface area contributed by atoms with Crippen LogP contribution in [0.1, 0.15) is 0 Å². The molecule has 1 atom stereocenters. The number of rotatable bonds is 3. The van der Waals surface area contributed by atoms with Crippen LogP contribution >= 0.6 is 9.03 Å². The summed E-state index contributed by atoms with van der Waals surface area (Å²) in [4.78, 5) is 8.69. The van der Waals surface area contributed by atoms with E-state index in [1.807, 2.05) is 54.6 Å². The first-order valence-corrected chi connectivity index (χ1v) is 5.47. The van der Waals surface area contributed by atoms with Crippen LogP contribution in [0.5, 0.6) is 5.75 Å². The van der Waals surface area contributed by atoms with Crippen molar-refractivity contribution in [2.75, 3.05) is 0 Å². The van der Waals surface area contributed by atoms with E-state index in [0.29, 0.717) is 5.75 Å². The highest BCUT2D eigenvalue weighted by molar-refractivity contribution is 7.25.